The molecule has 2 heterocycles. The van der Waals surface area contributed by atoms with Gasteiger partial charge in [0.1, 0.15) is 5.00 Å². The minimum atomic E-state index is -0.562. The largest absolute Gasteiger partial charge is 0.366 e. The number of hydrogen-bond donors (Lipinski definition) is 2. The van der Waals surface area contributed by atoms with E-state index in [1.54, 1.807) is 24.6 Å². The normalized spacial score (nSPS) is 11.9. The van der Waals surface area contributed by atoms with E-state index in [0.29, 0.717) is 15.7 Å². The minimum Gasteiger partial charge on any atom is -0.366 e. The van der Waals surface area contributed by atoms with Crippen LogP contribution in [0.3, 0.4) is 0 Å². The van der Waals surface area contributed by atoms with Crippen molar-refractivity contribution in [1.29, 1.82) is 0 Å². The van der Waals surface area contributed by atoms with Crippen molar-refractivity contribution >= 4 is 55.8 Å². The molecule has 3 aromatic rings. The van der Waals surface area contributed by atoms with Crippen molar-refractivity contribution in [1.82, 2.24) is 9.55 Å². The number of rotatable bonds is 6. The highest BCUT2D eigenvalue weighted by atomic mass is 79.9. The third-order valence-corrected chi connectivity index (χ3v) is 5.97. The van der Waals surface area contributed by atoms with Crippen molar-refractivity contribution in [3.63, 3.8) is 0 Å². The summed E-state index contributed by atoms with van der Waals surface area (Å²) in [7, 11) is 0. The summed E-state index contributed by atoms with van der Waals surface area (Å²) in [5, 5.41) is 5.24. The number of carbonyl (C=O) groups excluding carboxylic acids is 2. The molecule has 1 unspecified atom stereocenters. The quantitative estimate of drug-likeness (QED) is 0.556. The highest BCUT2D eigenvalue weighted by Crippen LogP contribution is 2.28. The van der Waals surface area contributed by atoms with Crippen LogP contribution in [-0.4, -0.2) is 26.6 Å². The van der Waals surface area contributed by atoms with E-state index in [9.17, 15) is 9.59 Å². The maximum absolute atomic E-state index is 12.5. The fourth-order valence-corrected chi connectivity index (χ4v) is 4.14. The third-order valence-electron chi connectivity index (χ3n) is 3.53. The summed E-state index contributed by atoms with van der Waals surface area (Å²) < 4.78 is 2.91. The Morgan fingerprint density at radius 1 is 1.31 bits per heavy atom. The summed E-state index contributed by atoms with van der Waals surface area (Å²) in [6, 6.07) is 9.42. The summed E-state index contributed by atoms with van der Waals surface area (Å²) in [5.41, 5.74) is 6.58. The first-order valence-corrected chi connectivity index (χ1v) is 10.1. The lowest BCUT2D eigenvalue weighted by molar-refractivity contribution is -0.115. The van der Waals surface area contributed by atoms with Crippen molar-refractivity contribution in [3.05, 3.63) is 58.1 Å². The number of hydrogen-bond acceptors (Lipinski definition) is 5. The van der Waals surface area contributed by atoms with Crippen LogP contribution < -0.4 is 11.1 Å². The first-order chi connectivity index (χ1) is 12.5. The van der Waals surface area contributed by atoms with Gasteiger partial charge >= 0.3 is 0 Å². The zero-order chi connectivity index (χ0) is 18.7. The first kappa shape index (κ1) is 18.7. The Hall–Kier alpha value is -2.10. The number of primary amides is 1. The number of anilines is 1. The molecular weight excluding hydrogens is 436 g/mol. The van der Waals surface area contributed by atoms with E-state index in [0.717, 1.165) is 10.2 Å². The molecule has 0 fully saturated rings. The lowest BCUT2D eigenvalue weighted by Gasteiger charge is -2.13. The first-order valence-electron chi connectivity index (χ1n) is 7.60. The number of nitrogens with zero attached hydrogens (tertiary/aromatic N) is 2. The van der Waals surface area contributed by atoms with Gasteiger partial charge in [0.25, 0.3) is 5.91 Å². The Morgan fingerprint density at radius 2 is 2.04 bits per heavy atom. The van der Waals surface area contributed by atoms with E-state index in [1.165, 1.54) is 23.1 Å². The van der Waals surface area contributed by atoms with Gasteiger partial charge in [0.2, 0.25) is 5.91 Å². The van der Waals surface area contributed by atoms with Crippen molar-refractivity contribution < 1.29 is 9.59 Å². The number of aromatic nitrogens is 2. The summed E-state index contributed by atoms with van der Waals surface area (Å²) in [6.45, 7) is 1.79. The summed E-state index contributed by atoms with van der Waals surface area (Å²) in [4.78, 5) is 28.2. The van der Waals surface area contributed by atoms with Gasteiger partial charge < -0.3 is 11.1 Å². The number of benzene rings is 1. The van der Waals surface area contributed by atoms with Crippen molar-refractivity contribution in [2.75, 3.05) is 5.32 Å². The molecule has 0 saturated carbocycles. The Balaban J connectivity index is 1.72. The molecule has 1 aromatic carbocycles. The standard InChI is InChI=1S/C17H15BrN4O2S2/c1-10(15(24)21-16-13(14(19)23)6-9-25-16)26-17-20-7-8-22(17)12-4-2-11(18)3-5-12/h2-10H,1H3,(H2,19,23)(H,21,24). The van der Waals surface area contributed by atoms with Crippen LogP contribution >= 0.6 is 39.0 Å². The van der Waals surface area contributed by atoms with Crippen molar-refractivity contribution in [3.8, 4) is 5.69 Å². The van der Waals surface area contributed by atoms with E-state index in [1.807, 2.05) is 35.0 Å². The topological polar surface area (TPSA) is 90.0 Å². The van der Waals surface area contributed by atoms with E-state index < -0.39 is 11.2 Å². The van der Waals surface area contributed by atoms with Gasteiger partial charge in [0.15, 0.2) is 5.16 Å². The maximum atomic E-state index is 12.5. The molecule has 0 aliphatic rings. The molecule has 134 valence electrons. The number of halogens is 1. The molecule has 2 aromatic heterocycles. The van der Waals surface area contributed by atoms with E-state index in [2.05, 4.69) is 26.2 Å². The third kappa shape index (κ3) is 4.17. The zero-order valence-corrected chi connectivity index (χ0v) is 16.9. The number of nitrogens with one attached hydrogen (secondary N) is 1. The van der Waals surface area contributed by atoms with Gasteiger partial charge in [-0.2, -0.15) is 0 Å². The summed E-state index contributed by atoms with van der Waals surface area (Å²) >= 11 is 6.02. The number of nitrogens with two attached hydrogens (primary N) is 1. The molecule has 6 nitrogen and oxygen atoms in total. The molecule has 2 amide bonds. The molecule has 0 radical (unpaired) electrons. The van der Waals surface area contributed by atoms with Gasteiger partial charge in [-0.25, -0.2) is 4.98 Å². The molecular formula is C17H15BrN4O2S2. The average Bonchev–Trinajstić information content (AvgIpc) is 3.25. The van der Waals surface area contributed by atoms with Crippen LogP contribution in [0.4, 0.5) is 5.00 Å². The molecule has 0 saturated heterocycles. The monoisotopic (exact) mass is 450 g/mol. The Morgan fingerprint density at radius 3 is 2.73 bits per heavy atom. The van der Waals surface area contributed by atoms with Crippen LogP contribution in [0.5, 0.6) is 0 Å². The summed E-state index contributed by atoms with van der Waals surface area (Å²) in [5.74, 6) is -0.780. The lowest BCUT2D eigenvalue weighted by atomic mass is 10.3. The van der Waals surface area contributed by atoms with Crippen molar-refractivity contribution in [2.24, 2.45) is 5.73 Å². The Bertz CT molecular complexity index is 936. The van der Waals surface area contributed by atoms with E-state index >= 15 is 0 Å². The predicted molar refractivity (Wildman–Crippen MR) is 108 cm³/mol. The SMILES string of the molecule is CC(Sc1nccn1-c1ccc(Br)cc1)C(=O)Nc1sccc1C(N)=O. The smallest absolute Gasteiger partial charge is 0.251 e. The van der Waals surface area contributed by atoms with Gasteiger partial charge in [-0.05, 0) is 42.6 Å². The van der Waals surface area contributed by atoms with Crippen LogP contribution in [0.15, 0.2) is 57.7 Å². The minimum absolute atomic E-state index is 0.217. The lowest BCUT2D eigenvalue weighted by Crippen LogP contribution is -2.24. The number of imidazole rings is 1. The second-order valence-corrected chi connectivity index (χ2v) is 8.47. The predicted octanol–water partition coefficient (Wildman–Crippen LogP) is 3.91. The van der Waals surface area contributed by atoms with Crippen LogP contribution in [0, 0.1) is 0 Å². The molecule has 9 heteroatoms. The van der Waals surface area contributed by atoms with Crippen LogP contribution in [0.1, 0.15) is 17.3 Å². The molecule has 1 atom stereocenters. The van der Waals surface area contributed by atoms with E-state index in [-0.39, 0.29) is 5.91 Å². The molecule has 3 rings (SSSR count). The zero-order valence-electron chi connectivity index (χ0n) is 13.7. The maximum Gasteiger partial charge on any atom is 0.251 e. The van der Waals surface area contributed by atoms with Crippen LogP contribution in [0.2, 0.25) is 0 Å². The fraction of sp³-hybridized carbons (Fsp3) is 0.118. The second kappa shape index (κ2) is 8.07. The molecule has 26 heavy (non-hydrogen) atoms. The molecule has 0 aliphatic heterocycles. The van der Waals surface area contributed by atoms with Gasteiger partial charge in [-0.15, -0.1) is 11.3 Å². The Labute approximate surface area is 166 Å². The number of amides is 2. The van der Waals surface area contributed by atoms with Gasteiger partial charge in [-0.1, -0.05) is 27.7 Å². The fourth-order valence-electron chi connectivity index (χ4n) is 2.20. The second-order valence-electron chi connectivity index (χ2n) is 5.33. The van der Waals surface area contributed by atoms with Gasteiger partial charge in [0, 0.05) is 22.6 Å². The van der Waals surface area contributed by atoms with Crippen LogP contribution in [0.25, 0.3) is 5.69 Å². The average molecular weight is 451 g/mol. The molecule has 3 N–H and O–H groups in total. The van der Waals surface area contributed by atoms with Gasteiger partial charge in [0.05, 0.1) is 10.8 Å². The van der Waals surface area contributed by atoms with Crippen LogP contribution in [-0.2, 0) is 4.79 Å². The van der Waals surface area contributed by atoms with E-state index in [4.69, 9.17) is 5.73 Å². The van der Waals surface area contributed by atoms with Gasteiger partial charge in [-0.3, -0.25) is 14.2 Å². The number of carbonyl (C=O) groups is 2. The molecule has 0 bridgehead atoms. The molecule has 0 spiro atoms. The number of thiophene rings is 1. The summed E-state index contributed by atoms with van der Waals surface area (Å²) in [6.07, 6.45) is 3.54. The number of thioether (sulfide) groups is 1. The highest BCUT2D eigenvalue weighted by molar-refractivity contribution is 9.10. The van der Waals surface area contributed by atoms with Crippen molar-refractivity contribution in [2.45, 2.75) is 17.3 Å². The highest BCUT2D eigenvalue weighted by Gasteiger charge is 2.20. The Kier molecular flexibility index (Phi) is 5.80. The molecule has 0 aliphatic carbocycles.